The molecule has 0 amide bonds. The summed E-state index contributed by atoms with van der Waals surface area (Å²) in [6.45, 7) is 1.74. The van der Waals surface area contributed by atoms with E-state index in [0.717, 1.165) is 5.56 Å². The van der Waals surface area contributed by atoms with Gasteiger partial charge in [0.1, 0.15) is 4.90 Å². The molecule has 0 heterocycles. The number of nitrogens with two attached hydrogens (primary N) is 1. The van der Waals surface area contributed by atoms with Gasteiger partial charge in [-0.15, -0.1) is 0 Å². The van der Waals surface area contributed by atoms with Crippen LogP contribution < -0.4 is 10.5 Å². The first kappa shape index (κ1) is 16.1. The van der Waals surface area contributed by atoms with Crippen LogP contribution in [0.15, 0.2) is 47.4 Å². The van der Waals surface area contributed by atoms with Crippen molar-refractivity contribution < 1.29 is 8.42 Å². The minimum atomic E-state index is -3.76. The summed E-state index contributed by atoms with van der Waals surface area (Å²) in [7, 11) is -3.76. The molecule has 112 valence electrons. The lowest BCUT2D eigenvalue weighted by molar-refractivity contribution is 0.567. The normalized spacial score (nSPS) is 13.1. The fourth-order valence-electron chi connectivity index (χ4n) is 1.86. The van der Waals surface area contributed by atoms with E-state index in [1.54, 1.807) is 37.3 Å². The zero-order valence-corrected chi connectivity index (χ0v) is 13.5. The number of nitrogen functional groups attached to an aromatic ring is 1. The Kier molecular flexibility index (Phi) is 4.78. The largest absolute Gasteiger partial charge is 0.398 e. The molecule has 0 aromatic heterocycles. The van der Waals surface area contributed by atoms with Crippen molar-refractivity contribution in [2.75, 3.05) is 5.73 Å². The summed E-state index contributed by atoms with van der Waals surface area (Å²) < 4.78 is 27.3. The van der Waals surface area contributed by atoms with Crippen LogP contribution in [0, 0.1) is 0 Å². The van der Waals surface area contributed by atoms with Crippen LogP contribution in [0.4, 0.5) is 5.69 Å². The van der Waals surface area contributed by atoms with Crippen molar-refractivity contribution in [3.63, 3.8) is 0 Å². The van der Waals surface area contributed by atoms with Crippen molar-refractivity contribution in [3.8, 4) is 0 Å². The van der Waals surface area contributed by atoms with E-state index in [4.69, 9.17) is 28.9 Å². The van der Waals surface area contributed by atoms with Crippen LogP contribution in [0.1, 0.15) is 18.5 Å². The lowest BCUT2D eigenvalue weighted by Crippen LogP contribution is -2.27. The van der Waals surface area contributed by atoms with Gasteiger partial charge in [-0.05, 0) is 42.8 Å². The summed E-state index contributed by atoms with van der Waals surface area (Å²) >= 11 is 11.6. The first-order valence-corrected chi connectivity index (χ1v) is 8.36. The fraction of sp³-hybridized carbons (Fsp3) is 0.143. The van der Waals surface area contributed by atoms with Crippen molar-refractivity contribution in [3.05, 3.63) is 58.1 Å². The maximum atomic E-state index is 12.4. The molecule has 2 rings (SSSR count). The second-order valence-electron chi connectivity index (χ2n) is 4.58. The van der Waals surface area contributed by atoms with Gasteiger partial charge in [-0.2, -0.15) is 0 Å². The monoisotopic (exact) mass is 344 g/mol. The van der Waals surface area contributed by atoms with E-state index in [1.807, 2.05) is 0 Å². The molecule has 7 heteroatoms. The standard InChI is InChI=1S/C14H14Cl2N2O2S/c1-9(10-2-4-11(15)5-3-10)18-21(19,20)14-8-12(16)6-7-13(14)17/h2-9,18H,17H2,1H3. The van der Waals surface area contributed by atoms with Gasteiger partial charge in [-0.25, -0.2) is 13.1 Å². The zero-order valence-electron chi connectivity index (χ0n) is 11.2. The molecule has 4 nitrogen and oxygen atoms in total. The molecule has 1 unspecified atom stereocenters. The topological polar surface area (TPSA) is 72.2 Å². The number of nitrogens with one attached hydrogen (secondary N) is 1. The highest BCUT2D eigenvalue weighted by Gasteiger charge is 2.21. The Morgan fingerprint density at radius 1 is 1.05 bits per heavy atom. The second kappa shape index (κ2) is 6.23. The molecule has 2 aromatic carbocycles. The van der Waals surface area contributed by atoms with Gasteiger partial charge in [0, 0.05) is 16.1 Å². The van der Waals surface area contributed by atoms with E-state index >= 15 is 0 Å². The van der Waals surface area contributed by atoms with Crippen molar-refractivity contribution in [2.45, 2.75) is 17.9 Å². The maximum absolute atomic E-state index is 12.4. The van der Waals surface area contributed by atoms with Gasteiger partial charge in [0.05, 0.1) is 5.69 Å². The Labute approximate surface area is 133 Å². The lowest BCUT2D eigenvalue weighted by Gasteiger charge is -2.16. The van der Waals surface area contributed by atoms with E-state index in [2.05, 4.69) is 4.72 Å². The van der Waals surface area contributed by atoms with Crippen LogP contribution in [-0.4, -0.2) is 8.42 Å². The second-order valence-corrected chi connectivity index (χ2v) is 7.13. The van der Waals surface area contributed by atoms with Crippen molar-refractivity contribution in [1.29, 1.82) is 0 Å². The molecule has 0 aliphatic heterocycles. The molecule has 0 spiro atoms. The van der Waals surface area contributed by atoms with Crippen LogP contribution in [0.2, 0.25) is 10.0 Å². The average Bonchev–Trinajstić information content (AvgIpc) is 2.41. The van der Waals surface area contributed by atoms with Crippen LogP contribution in [0.3, 0.4) is 0 Å². The van der Waals surface area contributed by atoms with Crippen molar-refractivity contribution in [2.24, 2.45) is 0 Å². The lowest BCUT2D eigenvalue weighted by atomic mass is 10.1. The Morgan fingerprint density at radius 2 is 1.62 bits per heavy atom. The minimum absolute atomic E-state index is 0.0317. The number of benzene rings is 2. The molecule has 1 atom stereocenters. The first-order valence-electron chi connectivity index (χ1n) is 6.12. The smallest absolute Gasteiger partial charge is 0.243 e. The third kappa shape index (κ3) is 3.89. The van der Waals surface area contributed by atoms with Crippen molar-refractivity contribution in [1.82, 2.24) is 4.72 Å². The van der Waals surface area contributed by atoms with E-state index < -0.39 is 16.1 Å². The summed E-state index contributed by atoms with van der Waals surface area (Å²) in [5, 5.41) is 0.900. The van der Waals surface area contributed by atoms with Gasteiger partial charge in [0.25, 0.3) is 0 Å². The molecule has 0 saturated carbocycles. The number of rotatable bonds is 4. The van der Waals surface area contributed by atoms with E-state index in [9.17, 15) is 8.42 Å². The summed E-state index contributed by atoms with van der Waals surface area (Å²) in [4.78, 5) is -0.0317. The highest BCUT2D eigenvalue weighted by Crippen LogP contribution is 2.25. The predicted octanol–water partition coefficient (Wildman–Crippen LogP) is 3.62. The summed E-state index contributed by atoms with van der Waals surface area (Å²) in [5.41, 5.74) is 6.66. The Bertz CT molecular complexity index is 746. The van der Waals surface area contributed by atoms with Crippen LogP contribution >= 0.6 is 23.2 Å². The van der Waals surface area contributed by atoms with E-state index in [-0.39, 0.29) is 10.6 Å². The van der Waals surface area contributed by atoms with E-state index in [0.29, 0.717) is 10.0 Å². The molecule has 0 aliphatic rings. The van der Waals surface area contributed by atoms with Gasteiger partial charge in [0.2, 0.25) is 10.0 Å². The molecule has 2 aromatic rings. The number of halogens is 2. The van der Waals surface area contributed by atoms with Gasteiger partial charge in [-0.1, -0.05) is 35.3 Å². The quantitative estimate of drug-likeness (QED) is 0.832. The van der Waals surface area contributed by atoms with Gasteiger partial charge < -0.3 is 5.73 Å². The number of sulfonamides is 1. The highest BCUT2D eigenvalue weighted by molar-refractivity contribution is 7.89. The molecular weight excluding hydrogens is 331 g/mol. The van der Waals surface area contributed by atoms with Crippen LogP contribution in [0.25, 0.3) is 0 Å². The third-order valence-corrected chi connectivity index (χ3v) is 5.05. The highest BCUT2D eigenvalue weighted by atomic mass is 35.5. The molecular formula is C14H14Cl2N2O2S. The molecule has 0 saturated heterocycles. The van der Waals surface area contributed by atoms with Gasteiger partial charge in [0.15, 0.2) is 0 Å². The molecule has 0 bridgehead atoms. The summed E-state index contributed by atoms with van der Waals surface area (Å²) in [6.07, 6.45) is 0. The Morgan fingerprint density at radius 3 is 2.24 bits per heavy atom. The SMILES string of the molecule is CC(NS(=O)(=O)c1cc(Cl)ccc1N)c1ccc(Cl)cc1. The summed E-state index contributed by atoms with van der Waals surface area (Å²) in [5.74, 6) is 0. The number of hydrogen-bond acceptors (Lipinski definition) is 3. The number of hydrogen-bond donors (Lipinski definition) is 2. The van der Waals surface area contributed by atoms with Crippen LogP contribution in [0.5, 0.6) is 0 Å². The molecule has 0 aliphatic carbocycles. The zero-order chi connectivity index (χ0) is 15.6. The molecule has 0 fully saturated rings. The summed E-state index contributed by atoms with van der Waals surface area (Å²) in [6, 6.07) is 10.8. The van der Waals surface area contributed by atoms with Gasteiger partial charge >= 0.3 is 0 Å². The molecule has 3 N–H and O–H groups in total. The molecule has 0 radical (unpaired) electrons. The predicted molar refractivity (Wildman–Crippen MR) is 86.1 cm³/mol. The van der Waals surface area contributed by atoms with Crippen LogP contribution in [-0.2, 0) is 10.0 Å². The Balaban J connectivity index is 2.28. The first-order chi connectivity index (χ1) is 9.79. The fourth-order valence-corrected chi connectivity index (χ4v) is 3.61. The molecule has 21 heavy (non-hydrogen) atoms. The maximum Gasteiger partial charge on any atom is 0.243 e. The van der Waals surface area contributed by atoms with Gasteiger partial charge in [-0.3, -0.25) is 0 Å². The van der Waals surface area contributed by atoms with Crippen molar-refractivity contribution >= 4 is 38.9 Å². The average molecular weight is 345 g/mol. The minimum Gasteiger partial charge on any atom is -0.398 e. The third-order valence-electron chi connectivity index (χ3n) is 2.97. The van der Waals surface area contributed by atoms with E-state index in [1.165, 1.54) is 12.1 Å². The Hall–Kier alpha value is -1.27. The number of anilines is 1.